The number of allylic oxidation sites excluding steroid dienone is 1. The number of hydrogen-bond acceptors (Lipinski definition) is 6. The first kappa shape index (κ1) is 24.5. The number of aryl methyl sites for hydroxylation is 1. The van der Waals surface area contributed by atoms with E-state index in [0.717, 1.165) is 30.6 Å². The Morgan fingerprint density at radius 1 is 1.22 bits per heavy atom. The first-order valence-electron chi connectivity index (χ1n) is 12.6. The summed E-state index contributed by atoms with van der Waals surface area (Å²) in [5.74, 6) is 0.732. The molecule has 1 aliphatic heterocycles. The van der Waals surface area contributed by atoms with Gasteiger partial charge in [0.2, 0.25) is 0 Å². The molecule has 0 spiro atoms. The van der Waals surface area contributed by atoms with E-state index in [4.69, 9.17) is 9.72 Å². The number of hydrogen-bond donors (Lipinski definition) is 1. The SMILES string of the molecule is COc1ccc(-c2cc(C(=O)NCCC3=CCCCC3)c3c(C)nn(C4CCS(=O)(=O)C4)c3n2)cc1. The minimum absolute atomic E-state index is 0.0360. The van der Waals surface area contributed by atoms with E-state index in [1.807, 2.05) is 37.3 Å². The van der Waals surface area contributed by atoms with E-state index >= 15 is 0 Å². The van der Waals surface area contributed by atoms with Crippen molar-refractivity contribution >= 4 is 26.8 Å². The third-order valence-electron chi connectivity index (χ3n) is 7.14. The summed E-state index contributed by atoms with van der Waals surface area (Å²) < 4.78 is 31.4. The summed E-state index contributed by atoms with van der Waals surface area (Å²) in [6.45, 7) is 2.42. The standard InChI is InChI=1S/C27H32N4O4S/c1-18-25-23(27(32)28-14-12-19-6-4-3-5-7-19)16-24(20-8-10-22(35-2)11-9-20)29-26(25)31(30-18)21-13-15-36(33,34)17-21/h6,8-11,16,21H,3-5,7,12-15,17H2,1-2H3,(H,28,32). The molecular formula is C27H32N4O4S. The molecule has 1 saturated heterocycles. The van der Waals surface area contributed by atoms with Crippen LogP contribution in [-0.4, -0.2) is 54.2 Å². The Kier molecular flexibility index (Phi) is 6.83. The zero-order valence-electron chi connectivity index (χ0n) is 20.8. The molecule has 1 amide bonds. The van der Waals surface area contributed by atoms with Crippen LogP contribution in [0, 0.1) is 6.92 Å². The highest BCUT2D eigenvalue weighted by Gasteiger charge is 2.32. The number of pyridine rings is 1. The minimum Gasteiger partial charge on any atom is -0.497 e. The molecule has 8 nitrogen and oxygen atoms in total. The van der Waals surface area contributed by atoms with Crippen LogP contribution in [0.5, 0.6) is 5.75 Å². The van der Waals surface area contributed by atoms with Crippen LogP contribution >= 0.6 is 0 Å². The Balaban J connectivity index is 1.53. The lowest BCUT2D eigenvalue weighted by Gasteiger charge is -2.14. The molecule has 1 N–H and O–H groups in total. The Labute approximate surface area is 211 Å². The van der Waals surface area contributed by atoms with Gasteiger partial charge in [-0.15, -0.1) is 0 Å². The third kappa shape index (κ3) is 5.02. The Hall–Kier alpha value is -3.20. The minimum atomic E-state index is -3.11. The average Bonchev–Trinajstić information content (AvgIpc) is 3.42. The molecule has 5 rings (SSSR count). The van der Waals surface area contributed by atoms with Gasteiger partial charge in [-0.25, -0.2) is 18.1 Å². The van der Waals surface area contributed by atoms with Gasteiger partial charge in [0.1, 0.15) is 5.75 Å². The summed E-state index contributed by atoms with van der Waals surface area (Å²) in [5.41, 5.74) is 4.60. The number of ether oxygens (including phenoxy) is 1. The number of nitrogens with zero attached hydrogens (tertiary/aromatic N) is 3. The second-order valence-electron chi connectivity index (χ2n) is 9.68. The van der Waals surface area contributed by atoms with Gasteiger partial charge in [-0.05, 0) is 75.8 Å². The third-order valence-corrected chi connectivity index (χ3v) is 8.89. The van der Waals surface area contributed by atoms with Gasteiger partial charge < -0.3 is 10.1 Å². The smallest absolute Gasteiger partial charge is 0.252 e. The number of benzene rings is 1. The Bertz CT molecular complexity index is 1420. The van der Waals surface area contributed by atoms with E-state index in [9.17, 15) is 13.2 Å². The van der Waals surface area contributed by atoms with Crippen molar-refractivity contribution in [1.82, 2.24) is 20.1 Å². The second kappa shape index (κ2) is 10.0. The van der Waals surface area contributed by atoms with Gasteiger partial charge in [0.25, 0.3) is 5.91 Å². The summed E-state index contributed by atoms with van der Waals surface area (Å²) in [6.07, 6.45) is 8.32. The predicted molar refractivity (Wildman–Crippen MR) is 140 cm³/mol. The van der Waals surface area contributed by atoms with Crippen LogP contribution in [0.15, 0.2) is 42.0 Å². The van der Waals surface area contributed by atoms with Crippen molar-refractivity contribution in [1.29, 1.82) is 0 Å². The number of fused-ring (bicyclic) bond motifs is 1. The van der Waals surface area contributed by atoms with Crippen LogP contribution < -0.4 is 10.1 Å². The molecule has 36 heavy (non-hydrogen) atoms. The monoisotopic (exact) mass is 508 g/mol. The average molecular weight is 509 g/mol. The number of methoxy groups -OCH3 is 1. The highest BCUT2D eigenvalue weighted by Crippen LogP contribution is 2.32. The first-order valence-corrected chi connectivity index (χ1v) is 14.4. The number of amides is 1. The molecule has 2 aliphatic rings. The Morgan fingerprint density at radius 2 is 2.03 bits per heavy atom. The molecule has 9 heteroatoms. The van der Waals surface area contributed by atoms with Gasteiger partial charge in [0.05, 0.1) is 47.0 Å². The van der Waals surface area contributed by atoms with Gasteiger partial charge in [-0.2, -0.15) is 5.10 Å². The molecule has 0 saturated carbocycles. The molecular weight excluding hydrogens is 476 g/mol. The van der Waals surface area contributed by atoms with Crippen molar-refractivity contribution < 1.29 is 17.9 Å². The number of carbonyl (C=O) groups is 1. The molecule has 190 valence electrons. The maximum absolute atomic E-state index is 13.5. The predicted octanol–water partition coefficient (Wildman–Crippen LogP) is 4.40. The first-order chi connectivity index (χ1) is 17.3. The lowest BCUT2D eigenvalue weighted by molar-refractivity contribution is 0.0955. The molecule has 1 fully saturated rings. The molecule has 0 radical (unpaired) electrons. The highest BCUT2D eigenvalue weighted by molar-refractivity contribution is 7.91. The van der Waals surface area contributed by atoms with Gasteiger partial charge in [-0.3, -0.25) is 4.79 Å². The second-order valence-corrected chi connectivity index (χ2v) is 11.9. The van der Waals surface area contributed by atoms with E-state index in [1.165, 1.54) is 18.4 Å². The normalized spacial score (nSPS) is 19.3. The maximum Gasteiger partial charge on any atom is 0.252 e. The fourth-order valence-corrected chi connectivity index (χ4v) is 6.88. The molecule has 3 aromatic rings. The van der Waals surface area contributed by atoms with E-state index in [1.54, 1.807) is 11.8 Å². The van der Waals surface area contributed by atoms with Crippen LogP contribution in [0.25, 0.3) is 22.3 Å². The molecule has 0 bridgehead atoms. The fourth-order valence-electron chi connectivity index (χ4n) is 5.19. The summed E-state index contributed by atoms with van der Waals surface area (Å²) in [6, 6.07) is 9.02. The molecule has 1 atom stereocenters. The largest absolute Gasteiger partial charge is 0.497 e. The van der Waals surface area contributed by atoms with Crippen molar-refractivity contribution in [2.45, 2.75) is 51.5 Å². The van der Waals surface area contributed by atoms with E-state index in [0.29, 0.717) is 41.0 Å². The topological polar surface area (TPSA) is 103 Å². The van der Waals surface area contributed by atoms with E-state index < -0.39 is 9.84 Å². The number of aromatic nitrogens is 3. The van der Waals surface area contributed by atoms with Crippen LogP contribution in [0.2, 0.25) is 0 Å². The van der Waals surface area contributed by atoms with Crippen LogP contribution in [0.4, 0.5) is 0 Å². The highest BCUT2D eigenvalue weighted by atomic mass is 32.2. The molecule has 1 aliphatic carbocycles. The lowest BCUT2D eigenvalue weighted by atomic mass is 9.97. The van der Waals surface area contributed by atoms with Crippen molar-refractivity contribution in [3.05, 3.63) is 53.2 Å². The fraction of sp³-hybridized carbons (Fsp3) is 0.444. The van der Waals surface area contributed by atoms with Gasteiger partial charge >= 0.3 is 0 Å². The number of nitrogens with one attached hydrogen (secondary N) is 1. The van der Waals surface area contributed by atoms with Crippen molar-refractivity contribution in [3.63, 3.8) is 0 Å². The number of sulfone groups is 1. The Morgan fingerprint density at radius 3 is 2.69 bits per heavy atom. The van der Waals surface area contributed by atoms with E-state index in [2.05, 4.69) is 16.5 Å². The van der Waals surface area contributed by atoms with E-state index in [-0.39, 0.29) is 23.5 Å². The summed E-state index contributed by atoms with van der Waals surface area (Å²) in [5, 5.41) is 8.44. The lowest BCUT2D eigenvalue weighted by Crippen LogP contribution is -2.25. The number of carbonyl (C=O) groups excluding carboxylic acids is 1. The zero-order chi connectivity index (χ0) is 25.3. The van der Waals surface area contributed by atoms with Crippen molar-refractivity contribution in [2.75, 3.05) is 25.2 Å². The van der Waals surface area contributed by atoms with Gasteiger partial charge in [-0.1, -0.05) is 11.6 Å². The summed E-state index contributed by atoms with van der Waals surface area (Å²) in [4.78, 5) is 18.3. The van der Waals surface area contributed by atoms with Crippen LogP contribution in [0.3, 0.4) is 0 Å². The van der Waals surface area contributed by atoms with Crippen LogP contribution in [-0.2, 0) is 9.84 Å². The molecule has 2 aromatic heterocycles. The maximum atomic E-state index is 13.5. The molecule has 3 heterocycles. The van der Waals surface area contributed by atoms with Crippen molar-refractivity contribution in [2.24, 2.45) is 0 Å². The van der Waals surface area contributed by atoms with Crippen molar-refractivity contribution in [3.8, 4) is 17.0 Å². The van der Waals surface area contributed by atoms with Crippen LogP contribution in [0.1, 0.15) is 60.6 Å². The van der Waals surface area contributed by atoms with Gasteiger partial charge in [0.15, 0.2) is 15.5 Å². The zero-order valence-corrected chi connectivity index (χ0v) is 21.6. The molecule has 1 aromatic carbocycles. The summed E-state index contributed by atoms with van der Waals surface area (Å²) in [7, 11) is -1.50. The molecule has 1 unspecified atom stereocenters. The number of rotatable bonds is 7. The quantitative estimate of drug-likeness (QED) is 0.475. The van der Waals surface area contributed by atoms with Gasteiger partial charge in [0, 0.05) is 12.1 Å². The summed E-state index contributed by atoms with van der Waals surface area (Å²) >= 11 is 0.